The number of halogens is 3. The van der Waals surface area contributed by atoms with Crippen LogP contribution in [-0.4, -0.2) is 68.2 Å². The molecule has 1 saturated heterocycles. The first-order valence-corrected chi connectivity index (χ1v) is 6.13. The smallest absolute Gasteiger partial charge is 0.383 e. The second-order valence-electron chi connectivity index (χ2n) is 4.60. The van der Waals surface area contributed by atoms with Gasteiger partial charge in [-0.1, -0.05) is 0 Å². The molecule has 108 valence electrons. The van der Waals surface area contributed by atoms with E-state index in [1.165, 1.54) is 7.11 Å². The first kappa shape index (κ1) is 15.7. The van der Waals surface area contributed by atoms with Crippen molar-refractivity contribution < 1.29 is 23.0 Å². The molecule has 1 heterocycles. The Morgan fingerprint density at radius 1 is 1.50 bits per heavy atom. The lowest BCUT2D eigenvalue weighted by Crippen LogP contribution is -2.46. The van der Waals surface area contributed by atoms with E-state index >= 15 is 0 Å². The number of aliphatic hydroxyl groups is 1. The topological polar surface area (TPSA) is 44.7 Å². The van der Waals surface area contributed by atoms with Gasteiger partial charge in [0.2, 0.25) is 0 Å². The lowest BCUT2D eigenvalue weighted by molar-refractivity contribution is -0.208. The Kier molecular flexibility index (Phi) is 6.34. The molecule has 7 heteroatoms. The number of aliphatic hydroxyl groups excluding tert-OH is 1. The fourth-order valence-corrected chi connectivity index (χ4v) is 2.05. The van der Waals surface area contributed by atoms with E-state index < -0.39 is 18.8 Å². The van der Waals surface area contributed by atoms with Crippen molar-refractivity contribution in [1.29, 1.82) is 0 Å². The highest BCUT2D eigenvalue weighted by Crippen LogP contribution is 2.21. The maximum atomic E-state index is 12.3. The summed E-state index contributed by atoms with van der Waals surface area (Å²) < 4.78 is 41.8. The lowest BCUT2D eigenvalue weighted by Gasteiger charge is -2.28. The van der Waals surface area contributed by atoms with Crippen LogP contribution in [0.1, 0.15) is 12.8 Å². The maximum absolute atomic E-state index is 12.3. The summed E-state index contributed by atoms with van der Waals surface area (Å²) in [7, 11) is 1.51. The molecule has 1 aliphatic heterocycles. The minimum Gasteiger partial charge on any atom is -0.383 e. The van der Waals surface area contributed by atoms with Crippen LogP contribution in [0.3, 0.4) is 0 Å². The van der Waals surface area contributed by atoms with Crippen molar-refractivity contribution in [1.82, 2.24) is 10.2 Å². The normalized spacial score (nSPS) is 22.7. The van der Waals surface area contributed by atoms with Gasteiger partial charge in [-0.25, -0.2) is 0 Å². The number of nitrogens with one attached hydrogen (secondary N) is 1. The van der Waals surface area contributed by atoms with Gasteiger partial charge in [0.1, 0.15) is 0 Å². The summed E-state index contributed by atoms with van der Waals surface area (Å²) in [5, 5.41) is 12.3. The second-order valence-corrected chi connectivity index (χ2v) is 4.60. The molecule has 0 aromatic heterocycles. The molecule has 18 heavy (non-hydrogen) atoms. The SMILES string of the molecule is COCCN(CC1CCCN1)CC(O)C(F)(F)F. The van der Waals surface area contributed by atoms with E-state index in [9.17, 15) is 13.2 Å². The van der Waals surface area contributed by atoms with Gasteiger partial charge in [-0.15, -0.1) is 0 Å². The molecular formula is C11H21F3N2O2. The zero-order valence-electron chi connectivity index (χ0n) is 10.5. The summed E-state index contributed by atoms with van der Waals surface area (Å²) in [6.45, 7) is 1.77. The van der Waals surface area contributed by atoms with Gasteiger partial charge in [-0.3, -0.25) is 4.90 Å². The standard InChI is InChI=1S/C11H21F3N2O2/c1-18-6-5-16(7-9-3-2-4-15-9)8-10(17)11(12,13)14/h9-10,15,17H,2-8H2,1H3. The van der Waals surface area contributed by atoms with E-state index in [2.05, 4.69) is 5.32 Å². The quantitative estimate of drug-likeness (QED) is 0.711. The molecule has 2 N–H and O–H groups in total. The second kappa shape index (κ2) is 7.28. The molecule has 0 radical (unpaired) electrons. The molecule has 1 rings (SSSR count). The van der Waals surface area contributed by atoms with Crippen molar-refractivity contribution in [2.24, 2.45) is 0 Å². The minimum absolute atomic E-state index is 0.210. The summed E-state index contributed by atoms with van der Waals surface area (Å²) in [4.78, 5) is 1.60. The van der Waals surface area contributed by atoms with Crippen LogP contribution in [0.15, 0.2) is 0 Å². The summed E-state index contributed by atoms with van der Waals surface area (Å²) in [6, 6.07) is 0.210. The molecule has 0 aromatic carbocycles. The van der Waals surface area contributed by atoms with Crippen molar-refractivity contribution in [3.63, 3.8) is 0 Å². The zero-order valence-corrected chi connectivity index (χ0v) is 10.5. The molecule has 0 spiro atoms. The van der Waals surface area contributed by atoms with Crippen molar-refractivity contribution in [3.05, 3.63) is 0 Å². The highest BCUT2D eigenvalue weighted by Gasteiger charge is 2.39. The van der Waals surface area contributed by atoms with Gasteiger partial charge >= 0.3 is 6.18 Å². The van der Waals surface area contributed by atoms with Gasteiger partial charge in [-0.05, 0) is 19.4 Å². The Morgan fingerprint density at radius 3 is 2.72 bits per heavy atom. The first-order chi connectivity index (χ1) is 8.43. The summed E-state index contributed by atoms with van der Waals surface area (Å²) in [5.74, 6) is 0. The monoisotopic (exact) mass is 270 g/mol. The Hall–Kier alpha value is -0.370. The molecule has 2 unspecified atom stereocenters. The fourth-order valence-electron chi connectivity index (χ4n) is 2.05. The number of rotatable bonds is 7. The Labute approximate surface area is 105 Å². The highest BCUT2D eigenvalue weighted by molar-refractivity contribution is 4.80. The molecular weight excluding hydrogens is 249 g/mol. The Balaban J connectivity index is 2.43. The number of ether oxygens (including phenoxy) is 1. The van der Waals surface area contributed by atoms with Crippen LogP contribution in [0.4, 0.5) is 13.2 Å². The van der Waals surface area contributed by atoms with E-state index in [-0.39, 0.29) is 6.04 Å². The number of hydrogen-bond donors (Lipinski definition) is 2. The van der Waals surface area contributed by atoms with Crippen LogP contribution >= 0.6 is 0 Å². The summed E-state index contributed by atoms with van der Waals surface area (Å²) >= 11 is 0. The fraction of sp³-hybridized carbons (Fsp3) is 1.00. The predicted molar refractivity (Wildman–Crippen MR) is 61.4 cm³/mol. The summed E-state index contributed by atoms with van der Waals surface area (Å²) in [6.07, 6.45) is -4.85. The average Bonchev–Trinajstić information content (AvgIpc) is 2.77. The predicted octanol–water partition coefficient (Wildman–Crippen LogP) is 0.610. The zero-order chi connectivity index (χ0) is 13.6. The average molecular weight is 270 g/mol. The molecule has 0 aliphatic carbocycles. The third-order valence-corrected chi connectivity index (χ3v) is 3.06. The van der Waals surface area contributed by atoms with Crippen LogP contribution < -0.4 is 5.32 Å². The van der Waals surface area contributed by atoms with Crippen LogP contribution in [0.2, 0.25) is 0 Å². The van der Waals surface area contributed by atoms with Crippen molar-refractivity contribution in [2.75, 3.05) is 39.9 Å². The summed E-state index contributed by atoms with van der Waals surface area (Å²) in [5.41, 5.74) is 0. The Bertz CT molecular complexity index is 233. The molecule has 0 aromatic rings. The van der Waals surface area contributed by atoms with Gasteiger partial charge in [0.15, 0.2) is 6.10 Å². The van der Waals surface area contributed by atoms with Gasteiger partial charge in [-0.2, -0.15) is 13.2 Å². The lowest BCUT2D eigenvalue weighted by atomic mass is 10.2. The number of methoxy groups -OCH3 is 1. The number of hydrogen-bond acceptors (Lipinski definition) is 4. The van der Waals surface area contributed by atoms with Gasteiger partial charge < -0.3 is 15.2 Å². The van der Waals surface area contributed by atoms with E-state index in [1.54, 1.807) is 4.90 Å². The minimum atomic E-state index is -4.56. The van der Waals surface area contributed by atoms with Gasteiger partial charge in [0.05, 0.1) is 6.61 Å². The molecule has 1 aliphatic rings. The Morgan fingerprint density at radius 2 is 2.22 bits per heavy atom. The van der Waals surface area contributed by atoms with Crippen LogP contribution in [0, 0.1) is 0 Å². The third-order valence-electron chi connectivity index (χ3n) is 3.06. The maximum Gasteiger partial charge on any atom is 0.415 e. The van der Waals surface area contributed by atoms with Crippen LogP contribution in [0.25, 0.3) is 0 Å². The van der Waals surface area contributed by atoms with E-state index in [0.717, 1.165) is 19.4 Å². The van der Waals surface area contributed by atoms with Crippen LogP contribution in [0.5, 0.6) is 0 Å². The molecule has 0 amide bonds. The molecule has 0 bridgehead atoms. The first-order valence-electron chi connectivity index (χ1n) is 6.13. The van der Waals surface area contributed by atoms with Crippen LogP contribution in [-0.2, 0) is 4.74 Å². The van der Waals surface area contributed by atoms with Gasteiger partial charge in [0.25, 0.3) is 0 Å². The highest BCUT2D eigenvalue weighted by atomic mass is 19.4. The number of nitrogens with zero attached hydrogens (tertiary/aromatic N) is 1. The molecule has 0 saturated carbocycles. The van der Waals surface area contributed by atoms with Gasteiger partial charge in [0, 0.05) is 32.8 Å². The van der Waals surface area contributed by atoms with E-state index in [4.69, 9.17) is 9.84 Å². The molecule has 2 atom stereocenters. The van der Waals surface area contributed by atoms with Crippen molar-refractivity contribution in [3.8, 4) is 0 Å². The third kappa shape index (κ3) is 5.51. The largest absolute Gasteiger partial charge is 0.415 e. The van der Waals surface area contributed by atoms with Crippen molar-refractivity contribution >= 4 is 0 Å². The number of alkyl halides is 3. The molecule has 4 nitrogen and oxygen atoms in total. The van der Waals surface area contributed by atoms with Crippen molar-refractivity contribution in [2.45, 2.75) is 31.2 Å². The molecule has 1 fully saturated rings. The van der Waals surface area contributed by atoms with E-state index in [0.29, 0.717) is 19.7 Å². The van der Waals surface area contributed by atoms with E-state index in [1.807, 2.05) is 0 Å².